The summed E-state index contributed by atoms with van der Waals surface area (Å²) < 4.78 is 26.2. The van der Waals surface area contributed by atoms with E-state index < -0.39 is 10.0 Å². The molecule has 2 rings (SSSR count). The monoisotopic (exact) mass is 267 g/mol. The third-order valence-corrected chi connectivity index (χ3v) is 4.99. The third-order valence-electron chi connectivity index (χ3n) is 3.11. The molecule has 4 nitrogen and oxygen atoms in total. The van der Waals surface area contributed by atoms with Gasteiger partial charge in [0.15, 0.2) is 0 Å². The smallest absolute Gasteiger partial charge is 0.243 e. The molecule has 1 fully saturated rings. The van der Waals surface area contributed by atoms with Gasteiger partial charge in [0.2, 0.25) is 10.0 Å². The molecule has 0 N–H and O–H groups in total. The fourth-order valence-electron chi connectivity index (χ4n) is 2.21. The van der Waals surface area contributed by atoms with Crippen molar-refractivity contribution in [1.29, 1.82) is 0 Å². The van der Waals surface area contributed by atoms with Crippen molar-refractivity contribution < 1.29 is 13.2 Å². The number of benzene rings is 1. The van der Waals surface area contributed by atoms with E-state index in [1.165, 1.54) is 4.31 Å². The van der Waals surface area contributed by atoms with Crippen molar-refractivity contribution in [2.75, 3.05) is 13.1 Å². The van der Waals surface area contributed by atoms with Gasteiger partial charge in [0.05, 0.1) is 4.90 Å². The Morgan fingerprint density at radius 1 is 1.00 bits per heavy atom. The molecule has 0 aromatic heterocycles. The molecule has 0 saturated carbocycles. The highest BCUT2D eigenvalue weighted by Gasteiger charge is 2.28. The summed E-state index contributed by atoms with van der Waals surface area (Å²) in [5.74, 6) is 0.141. The van der Waals surface area contributed by atoms with Crippen molar-refractivity contribution in [3.05, 3.63) is 29.3 Å². The largest absolute Gasteiger partial charge is 0.300 e. The maximum absolute atomic E-state index is 12.4. The number of ketones is 1. The first kappa shape index (κ1) is 13.2. The average Bonchev–Trinajstić information content (AvgIpc) is 2.28. The van der Waals surface area contributed by atoms with Crippen LogP contribution in [0.15, 0.2) is 23.1 Å². The topological polar surface area (TPSA) is 54.5 Å². The summed E-state index contributed by atoms with van der Waals surface area (Å²) in [6.07, 6.45) is 0.647. The maximum atomic E-state index is 12.4. The van der Waals surface area contributed by atoms with E-state index >= 15 is 0 Å². The Morgan fingerprint density at radius 3 is 2.00 bits per heavy atom. The molecule has 0 atom stereocenters. The summed E-state index contributed by atoms with van der Waals surface area (Å²) in [6, 6.07) is 5.30. The molecule has 0 unspecified atom stereocenters. The summed E-state index contributed by atoms with van der Waals surface area (Å²) in [5.41, 5.74) is 1.86. The molecule has 0 radical (unpaired) electrons. The SMILES string of the molecule is Cc1cc(C)cc(S(=O)(=O)N2CCC(=O)CC2)c1. The van der Waals surface area contributed by atoms with Crippen molar-refractivity contribution in [3.8, 4) is 0 Å². The van der Waals surface area contributed by atoms with Crippen LogP contribution in [0.4, 0.5) is 0 Å². The molecule has 1 aliphatic rings. The van der Waals surface area contributed by atoms with E-state index in [2.05, 4.69) is 0 Å². The molecule has 1 saturated heterocycles. The standard InChI is InChI=1S/C13H17NO3S/c1-10-7-11(2)9-13(8-10)18(16,17)14-5-3-12(15)4-6-14/h7-9H,3-6H2,1-2H3. The van der Waals surface area contributed by atoms with Gasteiger partial charge in [0, 0.05) is 25.9 Å². The summed E-state index contributed by atoms with van der Waals surface area (Å²) in [4.78, 5) is 11.5. The van der Waals surface area contributed by atoms with Crippen LogP contribution in [0.1, 0.15) is 24.0 Å². The van der Waals surface area contributed by atoms with Crippen LogP contribution in [-0.2, 0) is 14.8 Å². The molecule has 0 aliphatic carbocycles. The normalized spacial score (nSPS) is 18.0. The van der Waals surface area contributed by atoms with Gasteiger partial charge in [-0.15, -0.1) is 0 Å². The molecule has 1 aromatic rings. The number of rotatable bonds is 2. The second kappa shape index (κ2) is 4.82. The highest BCUT2D eigenvalue weighted by molar-refractivity contribution is 7.89. The molecular formula is C13H17NO3S. The Bertz CT molecular complexity index is 548. The van der Waals surface area contributed by atoms with Gasteiger partial charge in [0.25, 0.3) is 0 Å². The zero-order valence-electron chi connectivity index (χ0n) is 10.6. The lowest BCUT2D eigenvalue weighted by Crippen LogP contribution is -2.38. The Kier molecular flexibility index (Phi) is 3.54. The van der Waals surface area contributed by atoms with Gasteiger partial charge in [-0.3, -0.25) is 4.79 Å². The van der Waals surface area contributed by atoms with Crippen molar-refractivity contribution in [1.82, 2.24) is 4.31 Å². The Balaban J connectivity index is 2.33. The highest BCUT2D eigenvalue weighted by Crippen LogP contribution is 2.21. The minimum Gasteiger partial charge on any atom is -0.300 e. The third kappa shape index (κ3) is 2.62. The molecule has 1 aromatic carbocycles. The lowest BCUT2D eigenvalue weighted by molar-refractivity contribution is -0.120. The van der Waals surface area contributed by atoms with Crippen LogP contribution in [0.25, 0.3) is 0 Å². The minimum absolute atomic E-state index is 0.141. The summed E-state index contributed by atoms with van der Waals surface area (Å²) in [5, 5.41) is 0. The van der Waals surface area contributed by atoms with Crippen LogP contribution in [0.5, 0.6) is 0 Å². The van der Waals surface area contributed by atoms with Gasteiger partial charge in [-0.1, -0.05) is 6.07 Å². The van der Waals surface area contributed by atoms with E-state index in [0.717, 1.165) is 11.1 Å². The molecular weight excluding hydrogens is 250 g/mol. The second-order valence-corrected chi connectivity index (χ2v) is 6.70. The number of carbonyl (C=O) groups is 1. The van der Waals surface area contributed by atoms with Gasteiger partial charge in [-0.25, -0.2) is 8.42 Å². The van der Waals surface area contributed by atoms with Crippen molar-refractivity contribution in [2.45, 2.75) is 31.6 Å². The van der Waals surface area contributed by atoms with E-state index in [1.54, 1.807) is 12.1 Å². The molecule has 0 bridgehead atoms. The number of hydrogen-bond donors (Lipinski definition) is 0. The molecule has 1 aliphatic heterocycles. The van der Waals surface area contributed by atoms with Gasteiger partial charge < -0.3 is 0 Å². The minimum atomic E-state index is -3.45. The summed E-state index contributed by atoms with van der Waals surface area (Å²) >= 11 is 0. The number of aryl methyl sites for hydroxylation is 2. The zero-order valence-corrected chi connectivity index (χ0v) is 11.5. The van der Waals surface area contributed by atoms with Crippen LogP contribution in [-0.4, -0.2) is 31.6 Å². The molecule has 0 amide bonds. The number of nitrogens with zero attached hydrogens (tertiary/aromatic N) is 1. The molecule has 1 heterocycles. The number of Topliss-reactive ketones (excluding diaryl/α,β-unsaturated/α-hetero) is 1. The van der Waals surface area contributed by atoms with Gasteiger partial charge >= 0.3 is 0 Å². The van der Waals surface area contributed by atoms with E-state index in [9.17, 15) is 13.2 Å². The van der Waals surface area contributed by atoms with Gasteiger partial charge in [-0.05, 0) is 37.1 Å². The number of hydrogen-bond acceptors (Lipinski definition) is 3. The zero-order chi connectivity index (χ0) is 13.3. The number of piperidine rings is 1. The second-order valence-electron chi connectivity index (χ2n) is 4.77. The first-order valence-corrected chi connectivity index (χ1v) is 7.44. The van der Waals surface area contributed by atoms with Gasteiger partial charge in [-0.2, -0.15) is 4.31 Å². The fourth-order valence-corrected chi connectivity index (χ4v) is 3.84. The van der Waals surface area contributed by atoms with Gasteiger partial charge in [0.1, 0.15) is 5.78 Å². The summed E-state index contributed by atoms with van der Waals surface area (Å²) in [6.45, 7) is 4.36. The van der Waals surface area contributed by atoms with Crippen LogP contribution in [0.2, 0.25) is 0 Å². The predicted octanol–water partition coefficient (Wildman–Crippen LogP) is 1.66. The maximum Gasteiger partial charge on any atom is 0.243 e. The number of carbonyl (C=O) groups excluding carboxylic acids is 1. The van der Waals surface area contributed by atoms with Crippen molar-refractivity contribution >= 4 is 15.8 Å². The van der Waals surface area contributed by atoms with Crippen LogP contribution >= 0.6 is 0 Å². The van der Waals surface area contributed by atoms with Crippen LogP contribution in [0, 0.1) is 13.8 Å². The number of sulfonamides is 1. The van der Waals surface area contributed by atoms with Crippen LogP contribution in [0.3, 0.4) is 0 Å². The van der Waals surface area contributed by atoms with Crippen molar-refractivity contribution in [3.63, 3.8) is 0 Å². The molecule has 0 spiro atoms. The highest BCUT2D eigenvalue weighted by atomic mass is 32.2. The van der Waals surface area contributed by atoms with E-state index in [1.807, 2.05) is 19.9 Å². The first-order valence-electron chi connectivity index (χ1n) is 6.00. The van der Waals surface area contributed by atoms with E-state index in [4.69, 9.17) is 0 Å². The molecule has 5 heteroatoms. The molecule has 18 heavy (non-hydrogen) atoms. The first-order chi connectivity index (χ1) is 8.39. The Labute approximate surface area is 108 Å². The predicted molar refractivity (Wildman–Crippen MR) is 68.9 cm³/mol. The van der Waals surface area contributed by atoms with Crippen LogP contribution < -0.4 is 0 Å². The quantitative estimate of drug-likeness (QED) is 0.819. The summed E-state index contributed by atoms with van der Waals surface area (Å²) in [7, 11) is -3.45. The average molecular weight is 267 g/mol. The Morgan fingerprint density at radius 2 is 1.50 bits per heavy atom. The lowest BCUT2D eigenvalue weighted by Gasteiger charge is -2.25. The van der Waals surface area contributed by atoms with Crippen molar-refractivity contribution in [2.24, 2.45) is 0 Å². The van der Waals surface area contributed by atoms with E-state index in [-0.39, 0.29) is 5.78 Å². The Hall–Kier alpha value is -1.20. The van der Waals surface area contributed by atoms with E-state index in [0.29, 0.717) is 30.8 Å². The molecule has 98 valence electrons. The lowest BCUT2D eigenvalue weighted by atomic mass is 10.1. The fraction of sp³-hybridized carbons (Fsp3) is 0.462.